The van der Waals surface area contributed by atoms with Gasteiger partial charge in [0.1, 0.15) is 5.82 Å². The van der Waals surface area contributed by atoms with E-state index in [4.69, 9.17) is 14.2 Å². The van der Waals surface area contributed by atoms with Gasteiger partial charge in [-0.3, -0.25) is 9.79 Å². The van der Waals surface area contributed by atoms with Crippen LogP contribution < -0.4 is 19.7 Å². The van der Waals surface area contributed by atoms with Crippen molar-refractivity contribution >= 4 is 51.8 Å². The van der Waals surface area contributed by atoms with E-state index in [0.717, 1.165) is 46.8 Å². The van der Waals surface area contributed by atoms with Gasteiger partial charge >= 0.3 is 0 Å². The van der Waals surface area contributed by atoms with Gasteiger partial charge in [0.15, 0.2) is 18.1 Å². The molecule has 188 valence electrons. The molecule has 0 aromatic heterocycles. The van der Waals surface area contributed by atoms with Gasteiger partial charge in [0.2, 0.25) is 0 Å². The van der Waals surface area contributed by atoms with E-state index in [2.05, 4.69) is 49.9 Å². The maximum absolute atomic E-state index is 13.1. The van der Waals surface area contributed by atoms with Crippen molar-refractivity contribution in [1.29, 1.82) is 0 Å². The normalized spacial score (nSPS) is 13.6. The molecule has 0 radical (unpaired) electrons. The van der Waals surface area contributed by atoms with Gasteiger partial charge in [-0.2, -0.15) is 0 Å². The molecule has 1 N–H and O–H groups in total. The van der Waals surface area contributed by atoms with Crippen molar-refractivity contribution in [2.75, 3.05) is 49.7 Å². The second kappa shape index (κ2) is 12.7. The van der Waals surface area contributed by atoms with Crippen molar-refractivity contribution < 1.29 is 23.4 Å². The van der Waals surface area contributed by atoms with E-state index in [1.807, 2.05) is 31.2 Å². The average molecular weight is 603 g/mol. The van der Waals surface area contributed by atoms with Gasteiger partial charge < -0.3 is 24.4 Å². The summed E-state index contributed by atoms with van der Waals surface area (Å²) in [7, 11) is 0. The topological polar surface area (TPSA) is 72.4 Å². The summed E-state index contributed by atoms with van der Waals surface area (Å²) in [6, 6.07) is 17.4. The monoisotopic (exact) mass is 603 g/mol. The number of hydrogen-bond acceptors (Lipinski definition) is 6. The molecule has 1 saturated heterocycles. The molecule has 4 rings (SSSR count). The van der Waals surface area contributed by atoms with E-state index < -0.39 is 0 Å². The third kappa shape index (κ3) is 7.17. The quantitative estimate of drug-likeness (QED) is 0.261. The maximum atomic E-state index is 13.1. The largest absolute Gasteiger partial charge is 0.490 e. The lowest BCUT2D eigenvalue weighted by atomic mass is 10.2. The number of benzene rings is 3. The number of carbonyl (C=O) groups excluding carboxylic acids is 1. The van der Waals surface area contributed by atoms with Gasteiger partial charge in [-0.25, -0.2) is 4.39 Å². The second-order valence-corrected chi connectivity index (χ2v) is 9.14. The number of morpholine rings is 1. The summed E-state index contributed by atoms with van der Waals surface area (Å²) >= 11 is 2.15. The summed E-state index contributed by atoms with van der Waals surface area (Å²) in [5, 5.41) is 2.68. The molecule has 36 heavy (non-hydrogen) atoms. The number of amides is 1. The highest BCUT2D eigenvalue weighted by Crippen LogP contribution is 2.34. The first-order valence-electron chi connectivity index (χ1n) is 11.6. The molecule has 1 heterocycles. The number of halogens is 2. The first-order valence-corrected chi connectivity index (χ1v) is 12.7. The molecule has 0 atom stereocenters. The predicted molar refractivity (Wildman–Crippen MR) is 148 cm³/mol. The Kier molecular flexibility index (Phi) is 9.12. The molecule has 1 aliphatic rings. The third-order valence-corrected chi connectivity index (χ3v) is 6.20. The van der Waals surface area contributed by atoms with Crippen LogP contribution in [-0.2, 0) is 9.53 Å². The van der Waals surface area contributed by atoms with Gasteiger partial charge in [-0.15, -0.1) is 0 Å². The van der Waals surface area contributed by atoms with Crippen LogP contribution >= 0.6 is 22.6 Å². The molecule has 7 nitrogen and oxygen atoms in total. The lowest BCUT2D eigenvalue weighted by molar-refractivity contribution is -0.118. The molecule has 0 bridgehead atoms. The van der Waals surface area contributed by atoms with E-state index in [1.165, 1.54) is 24.3 Å². The van der Waals surface area contributed by atoms with Gasteiger partial charge in [-0.1, -0.05) is 0 Å². The zero-order valence-corrected chi connectivity index (χ0v) is 22.0. The fraction of sp³-hybridized carbons (Fsp3) is 0.259. The number of ether oxygens (including phenoxy) is 3. The zero-order chi connectivity index (χ0) is 25.3. The van der Waals surface area contributed by atoms with E-state index in [1.54, 1.807) is 6.21 Å². The van der Waals surface area contributed by atoms with Crippen LogP contribution in [0, 0.1) is 9.39 Å². The average Bonchev–Trinajstić information content (AvgIpc) is 2.89. The Hall–Kier alpha value is -3.18. The fourth-order valence-electron chi connectivity index (χ4n) is 3.65. The smallest absolute Gasteiger partial charge is 0.262 e. The summed E-state index contributed by atoms with van der Waals surface area (Å²) in [5.74, 6) is 0.293. The number of rotatable bonds is 9. The Morgan fingerprint density at radius 2 is 1.83 bits per heavy atom. The zero-order valence-electron chi connectivity index (χ0n) is 19.9. The first-order chi connectivity index (χ1) is 17.5. The maximum Gasteiger partial charge on any atom is 0.262 e. The number of nitrogens with one attached hydrogen (secondary N) is 1. The highest BCUT2D eigenvalue weighted by Gasteiger charge is 2.14. The van der Waals surface area contributed by atoms with Crippen molar-refractivity contribution in [2.45, 2.75) is 6.92 Å². The van der Waals surface area contributed by atoms with Gasteiger partial charge in [0.25, 0.3) is 5.91 Å². The molecular weight excluding hydrogens is 576 g/mol. The Bertz CT molecular complexity index is 1200. The van der Waals surface area contributed by atoms with Crippen LogP contribution in [0.25, 0.3) is 0 Å². The van der Waals surface area contributed by atoms with E-state index in [-0.39, 0.29) is 18.3 Å². The first kappa shape index (κ1) is 25.9. The molecule has 0 saturated carbocycles. The van der Waals surface area contributed by atoms with Crippen molar-refractivity contribution in [3.05, 3.63) is 75.6 Å². The highest BCUT2D eigenvalue weighted by atomic mass is 127. The van der Waals surface area contributed by atoms with Gasteiger partial charge in [0.05, 0.1) is 29.1 Å². The van der Waals surface area contributed by atoms with Crippen LogP contribution in [0.15, 0.2) is 65.7 Å². The van der Waals surface area contributed by atoms with Crippen LogP contribution in [0.1, 0.15) is 12.5 Å². The minimum atomic E-state index is -0.367. The standard InChI is InChI=1S/C27H27FIN3O4/c1-2-35-25-16-19(17-30-21-7-9-23(10-8-21)32-11-13-34-14-12-32)15-24(29)27(25)36-18-26(33)31-22-5-3-20(28)4-6-22/h3-10,15-17H,2,11-14,18H2,1H3,(H,31,33). The molecule has 1 aliphatic heterocycles. The summed E-state index contributed by atoms with van der Waals surface area (Å²) in [6.45, 7) is 5.40. The number of anilines is 2. The van der Waals surface area contributed by atoms with Crippen LogP contribution in [0.3, 0.4) is 0 Å². The van der Waals surface area contributed by atoms with Crippen LogP contribution in [-0.4, -0.2) is 51.6 Å². The van der Waals surface area contributed by atoms with Crippen molar-refractivity contribution in [1.82, 2.24) is 0 Å². The Labute approximate surface area is 223 Å². The minimum Gasteiger partial charge on any atom is -0.490 e. The Morgan fingerprint density at radius 1 is 1.11 bits per heavy atom. The lowest BCUT2D eigenvalue weighted by Gasteiger charge is -2.28. The summed E-state index contributed by atoms with van der Waals surface area (Å²) < 4.78 is 30.8. The second-order valence-electron chi connectivity index (χ2n) is 7.98. The van der Waals surface area contributed by atoms with Crippen LogP contribution in [0.4, 0.5) is 21.5 Å². The molecule has 3 aromatic rings. The third-order valence-electron chi connectivity index (χ3n) is 5.40. The Morgan fingerprint density at radius 3 is 2.53 bits per heavy atom. The summed E-state index contributed by atoms with van der Waals surface area (Å²) in [5.41, 5.74) is 3.35. The van der Waals surface area contributed by atoms with Crippen molar-refractivity contribution in [3.8, 4) is 11.5 Å². The van der Waals surface area contributed by atoms with Gasteiger partial charge in [0, 0.05) is 30.7 Å². The molecule has 0 unspecified atom stereocenters. The molecule has 0 spiro atoms. The predicted octanol–water partition coefficient (Wildman–Crippen LogP) is 5.43. The number of aliphatic imine (C=N–C) groups is 1. The molecule has 1 amide bonds. The van der Waals surface area contributed by atoms with E-state index in [0.29, 0.717) is 23.8 Å². The molecule has 3 aromatic carbocycles. The van der Waals surface area contributed by atoms with E-state index in [9.17, 15) is 9.18 Å². The minimum absolute atomic E-state index is 0.212. The van der Waals surface area contributed by atoms with Crippen molar-refractivity contribution in [3.63, 3.8) is 0 Å². The van der Waals surface area contributed by atoms with Gasteiger partial charge in [-0.05, 0) is 95.7 Å². The van der Waals surface area contributed by atoms with Crippen LogP contribution in [0.5, 0.6) is 11.5 Å². The number of carbonyl (C=O) groups is 1. The molecule has 0 aliphatic carbocycles. The highest BCUT2D eigenvalue weighted by molar-refractivity contribution is 14.1. The van der Waals surface area contributed by atoms with E-state index >= 15 is 0 Å². The lowest BCUT2D eigenvalue weighted by Crippen LogP contribution is -2.36. The SMILES string of the molecule is CCOc1cc(C=Nc2ccc(N3CCOCC3)cc2)cc(I)c1OCC(=O)Nc1ccc(F)cc1. The Balaban J connectivity index is 1.41. The molecular formula is C27H27FIN3O4. The summed E-state index contributed by atoms with van der Waals surface area (Å²) in [6.07, 6.45) is 1.78. The molecule has 1 fully saturated rings. The number of nitrogens with zero attached hydrogens (tertiary/aromatic N) is 2. The number of hydrogen-bond donors (Lipinski definition) is 1. The summed E-state index contributed by atoms with van der Waals surface area (Å²) in [4.78, 5) is 19.2. The van der Waals surface area contributed by atoms with Crippen molar-refractivity contribution in [2.24, 2.45) is 4.99 Å². The fourth-order valence-corrected chi connectivity index (χ4v) is 4.43. The molecule has 9 heteroatoms. The van der Waals surface area contributed by atoms with Crippen LogP contribution in [0.2, 0.25) is 0 Å².